The van der Waals surface area contributed by atoms with Crippen molar-refractivity contribution in [3.63, 3.8) is 0 Å². The molecular weight excluding hydrogens is 422 g/mol. The SMILES string of the molecule is Cc1ccc(-c2n[nH]c3c2[C@@H](c2ccc(C(C)C)cc2)N(CCc2ccccc2)C3=O)c(O)c1. The highest BCUT2D eigenvalue weighted by Gasteiger charge is 2.42. The number of H-pyrrole nitrogens is 1. The Hall–Kier alpha value is -3.86. The molecule has 172 valence electrons. The minimum absolute atomic E-state index is 0.0609. The van der Waals surface area contributed by atoms with Crippen LogP contribution in [0.25, 0.3) is 11.3 Å². The van der Waals surface area contributed by atoms with Gasteiger partial charge in [-0.3, -0.25) is 9.89 Å². The predicted molar refractivity (Wildman–Crippen MR) is 134 cm³/mol. The van der Waals surface area contributed by atoms with E-state index in [0.717, 1.165) is 23.1 Å². The van der Waals surface area contributed by atoms with E-state index in [1.54, 1.807) is 6.07 Å². The molecule has 4 aromatic rings. The number of phenols is 1. The minimum Gasteiger partial charge on any atom is -0.507 e. The molecule has 0 saturated heterocycles. The van der Waals surface area contributed by atoms with Gasteiger partial charge in [-0.25, -0.2) is 0 Å². The Labute approximate surface area is 200 Å². The number of benzene rings is 3. The maximum Gasteiger partial charge on any atom is 0.273 e. The number of aryl methyl sites for hydroxylation is 1. The third-order valence-electron chi connectivity index (χ3n) is 6.68. The summed E-state index contributed by atoms with van der Waals surface area (Å²) >= 11 is 0. The molecule has 0 fully saturated rings. The number of nitrogens with zero attached hydrogens (tertiary/aromatic N) is 2. The first-order valence-electron chi connectivity index (χ1n) is 11.8. The number of fused-ring (bicyclic) bond motifs is 1. The number of hydrogen-bond acceptors (Lipinski definition) is 3. The van der Waals surface area contributed by atoms with Gasteiger partial charge in [-0.05, 0) is 53.6 Å². The van der Waals surface area contributed by atoms with Crippen molar-refractivity contribution in [3.8, 4) is 17.0 Å². The molecule has 0 radical (unpaired) electrons. The van der Waals surface area contributed by atoms with Gasteiger partial charge >= 0.3 is 0 Å². The quantitative estimate of drug-likeness (QED) is 0.378. The average molecular weight is 452 g/mol. The molecule has 0 aliphatic carbocycles. The maximum atomic E-state index is 13.6. The van der Waals surface area contributed by atoms with Gasteiger partial charge in [-0.1, -0.05) is 74.5 Å². The van der Waals surface area contributed by atoms with Gasteiger partial charge < -0.3 is 10.0 Å². The average Bonchev–Trinajstić information content (AvgIpc) is 3.37. The standard InChI is InChI=1S/C29H29N3O2/c1-18(2)21-10-12-22(13-11-21)28-25-26(23-14-9-19(3)17-24(23)33)30-31-27(25)29(34)32(28)16-15-20-7-5-4-6-8-20/h4-14,17-18,28,33H,15-16H2,1-3H3,(H,30,31)/t28-/m1/s1. The lowest BCUT2D eigenvalue weighted by Gasteiger charge is -2.27. The van der Waals surface area contributed by atoms with Crippen LogP contribution in [-0.2, 0) is 6.42 Å². The number of aromatic nitrogens is 2. The topological polar surface area (TPSA) is 69.2 Å². The van der Waals surface area contributed by atoms with E-state index in [2.05, 4.69) is 60.4 Å². The maximum absolute atomic E-state index is 13.6. The fourth-order valence-electron chi connectivity index (χ4n) is 4.78. The summed E-state index contributed by atoms with van der Waals surface area (Å²) in [5, 5.41) is 18.2. The van der Waals surface area contributed by atoms with Crippen molar-refractivity contribution in [3.05, 3.63) is 106 Å². The first kappa shape index (κ1) is 22.0. The van der Waals surface area contributed by atoms with Crippen molar-refractivity contribution in [2.75, 3.05) is 6.54 Å². The fourth-order valence-corrected chi connectivity index (χ4v) is 4.78. The molecule has 0 bridgehead atoms. The second-order valence-electron chi connectivity index (χ2n) is 9.34. The van der Waals surface area contributed by atoms with Gasteiger partial charge in [0.15, 0.2) is 0 Å². The third kappa shape index (κ3) is 3.87. The molecular formula is C29H29N3O2. The Bertz CT molecular complexity index is 1320. The summed E-state index contributed by atoms with van der Waals surface area (Å²) in [5.41, 5.74) is 7.04. The molecule has 1 aliphatic heterocycles. The van der Waals surface area contributed by atoms with Crippen LogP contribution in [0.4, 0.5) is 0 Å². The number of nitrogens with one attached hydrogen (secondary N) is 1. The van der Waals surface area contributed by atoms with Gasteiger partial charge in [-0.15, -0.1) is 0 Å². The third-order valence-corrected chi connectivity index (χ3v) is 6.68. The molecule has 0 spiro atoms. The molecule has 0 unspecified atom stereocenters. The summed E-state index contributed by atoms with van der Waals surface area (Å²) in [6.07, 6.45) is 0.760. The molecule has 5 rings (SSSR count). The van der Waals surface area contributed by atoms with E-state index in [4.69, 9.17) is 0 Å². The molecule has 0 saturated carbocycles. The largest absolute Gasteiger partial charge is 0.507 e. The molecule has 34 heavy (non-hydrogen) atoms. The zero-order valence-electron chi connectivity index (χ0n) is 19.7. The van der Waals surface area contributed by atoms with E-state index in [1.807, 2.05) is 42.2 Å². The van der Waals surface area contributed by atoms with E-state index in [-0.39, 0.29) is 17.7 Å². The molecule has 1 amide bonds. The number of phenolic OH excluding ortho intramolecular Hbond substituents is 1. The summed E-state index contributed by atoms with van der Waals surface area (Å²) in [7, 11) is 0. The number of hydrogen-bond donors (Lipinski definition) is 2. The van der Waals surface area contributed by atoms with Gasteiger partial charge in [-0.2, -0.15) is 5.10 Å². The first-order valence-corrected chi connectivity index (χ1v) is 11.8. The van der Waals surface area contributed by atoms with E-state index in [1.165, 1.54) is 11.1 Å². The molecule has 2 heterocycles. The van der Waals surface area contributed by atoms with Crippen molar-refractivity contribution in [1.82, 2.24) is 15.1 Å². The highest BCUT2D eigenvalue weighted by atomic mass is 16.3. The van der Waals surface area contributed by atoms with Crippen molar-refractivity contribution in [2.45, 2.75) is 39.2 Å². The number of aromatic hydroxyl groups is 1. The molecule has 1 aliphatic rings. The van der Waals surface area contributed by atoms with Gasteiger partial charge in [0.2, 0.25) is 0 Å². The van der Waals surface area contributed by atoms with Gasteiger partial charge in [0.25, 0.3) is 5.91 Å². The summed E-state index contributed by atoms with van der Waals surface area (Å²) in [4.78, 5) is 15.5. The predicted octanol–water partition coefficient (Wildman–Crippen LogP) is 6.00. The number of amides is 1. The number of carbonyl (C=O) groups excluding carboxylic acids is 1. The highest BCUT2D eigenvalue weighted by molar-refractivity contribution is 6.00. The summed E-state index contributed by atoms with van der Waals surface area (Å²) in [6.45, 7) is 6.87. The molecule has 2 N–H and O–H groups in total. The summed E-state index contributed by atoms with van der Waals surface area (Å²) in [6, 6.07) is 24.0. The zero-order chi connectivity index (χ0) is 23.8. The highest BCUT2D eigenvalue weighted by Crippen LogP contribution is 2.44. The number of carbonyl (C=O) groups is 1. The Morgan fingerprint density at radius 3 is 2.44 bits per heavy atom. The van der Waals surface area contributed by atoms with Crippen molar-refractivity contribution < 1.29 is 9.90 Å². The lowest BCUT2D eigenvalue weighted by molar-refractivity contribution is 0.0746. The van der Waals surface area contributed by atoms with E-state index >= 15 is 0 Å². The Morgan fingerprint density at radius 1 is 1.03 bits per heavy atom. The van der Waals surface area contributed by atoms with Crippen LogP contribution in [0, 0.1) is 6.92 Å². The summed E-state index contributed by atoms with van der Waals surface area (Å²) in [5.74, 6) is 0.533. The van der Waals surface area contributed by atoms with Gasteiger partial charge in [0, 0.05) is 17.7 Å². The van der Waals surface area contributed by atoms with Crippen molar-refractivity contribution in [2.24, 2.45) is 0 Å². The fraction of sp³-hybridized carbons (Fsp3) is 0.241. The Kier molecular flexibility index (Phi) is 5.70. The van der Waals surface area contributed by atoms with Crippen LogP contribution in [0.3, 0.4) is 0 Å². The second-order valence-corrected chi connectivity index (χ2v) is 9.34. The lowest BCUT2D eigenvalue weighted by atomic mass is 9.93. The van der Waals surface area contributed by atoms with Crippen LogP contribution in [0.1, 0.15) is 64.1 Å². The van der Waals surface area contributed by atoms with Crippen LogP contribution in [-0.4, -0.2) is 32.7 Å². The van der Waals surface area contributed by atoms with Gasteiger partial charge in [0.1, 0.15) is 17.1 Å². The van der Waals surface area contributed by atoms with E-state index in [9.17, 15) is 9.90 Å². The molecule has 3 aromatic carbocycles. The monoisotopic (exact) mass is 451 g/mol. The minimum atomic E-state index is -0.276. The smallest absolute Gasteiger partial charge is 0.273 e. The van der Waals surface area contributed by atoms with Crippen molar-refractivity contribution in [1.29, 1.82) is 0 Å². The normalized spacial score (nSPS) is 15.2. The van der Waals surface area contributed by atoms with Crippen LogP contribution < -0.4 is 0 Å². The molecule has 5 nitrogen and oxygen atoms in total. The van der Waals surface area contributed by atoms with Crippen molar-refractivity contribution >= 4 is 5.91 Å². The van der Waals surface area contributed by atoms with Crippen LogP contribution >= 0.6 is 0 Å². The summed E-state index contributed by atoms with van der Waals surface area (Å²) < 4.78 is 0. The van der Waals surface area contributed by atoms with E-state index in [0.29, 0.717) is 29.4 Å². The van der Waals surface area contributed by atoms with Gasteiger partial charge in [0.05, 0.1) is 6.04 Å². The molecule has 5 heteroatoms. The first-order chi connectivity index (χ1) is 16.4. The second kappa shape index (κ2) is 8.82. The van der Waals surface area contributed by atoms with E-state index < -0.39 is 0 Å². The number of aromatic amines is 1. The van der Waals surface area contributed by atoms with Crippen LogP contribution in [0.15, 0.2) is 72.8 Å². The Morgan fingerprint density at radius 2 is 1.76 bits per heavy atom. The van der Waals surface area contributed by atoms with Crippen LogP contribution in [0.5, 0.6) is 5.75 Å². The number of rotatable bonds is 6. The van der Waals surface area contributed by atoms with Crippen LogP contribution in [0.2, 0.25) is 0 Å². The Balaban J connectivity index is 1.59. The lowest BCUT2D eigenvalue weighted by Crippen LogP contribution is -2.31. The molecule has 1 atom stereocenters. The molecule has 1 aromatic heterocycles. The zero-order valence-corrected chi connectivity index (χ0v) is 19.7.